The van der Waals surface area contributed by atoms with Crippen molar-refractivity contribution in [1.82, 2.24) is 0 Å². The Bertz CT molecular complexity index is 328. The highest BCUT2D eigenvalue weighted by atomic mass is 19.1. The van der Waals surface area contributed by atoms with Gasteiger partial charge in [0.25, 0.3) is 5.69 Å². The summed E-state index contributed by atoms with van der Waals surface area (Å²) in [5, 5.41) is 10.4. The van der Waals surface area contributed by atoms with Crippen LogP contribution in [0.3, 0.4) is 0 Å². The van der Waals surface area contributed by atoms with Crippen molar-refractivity contribution in [3.63, 3.8) is 0 Å². The summed E-state index contributed by atoms with van der Waals surface area (Å²) >= 11 is 0. The summed E-state index contributed by atoms with van der Waals surface area (Å²) in [5.41, 5.74) is -0.205. The van der Waals surface area contributed by atoms with Crippen LogP contribution in [0.25, 0.3) is 0 Å². The lowest BCUT2D eigenvalue weighted by Gasteiger charge is -1.99. The molecule has 1 rings (SSSR count). The van der Waals surface area contributed by atoms with E-state index in [1.807, 2.05) is 0 Å². The minimum absolute atomic E-state index is 0.0257. The fraction of sp³-hybridized carbons (Fsp3) is 0.250. The van der Waals surface area contributed by atoms with Crippen molar-refractivity contribution in [2.75, 3.05) is 0 Å². The fourth-order valence-corrected chi connectivity index (χ4v) is 0.976. The minimum Gasteiger partial charge on any atom is -0.258 e. The zero-order valence-corrected chi connectivity index (χ0v) is 6.67. The molecule has 5 heteroatoms. The second-order valence-electron chi connectivity index (χ2n) is 2.49. The Morgan fingerprint density at radius 1 is 1.31 bits per heavy atom. The lowest BCUT2D eigenvalue weighted by Crippen LogP contribution is -1.95. The molecule has 0 heterocycles. The average molecular weight is 187 g/mol. The van der Waals surface area contributed by atoms with Crippen molar-refractivity contribution >= 4 is 5.69 Å². The van der Waals surface area contributed by atoms with E-state index < -0.39 is 18.3 Å². The molecule has 0 aromatic heterocycles. The Kier molecular flexibility index (Phi) is 2.89. The lowest BCUT2D eigenvalue weighted by molar-refractivity contribution is -0.385. The van der Waals surface area contributed by atoms with Gasteiger partial charge in [-0.25, -0.2) is 8.78 Å². The third kappa shape index (κ3) is 1.99. The Labute approximate surface area is 73.1 Å². The average Bonchev–Trinajstić information content (AvgIpc) is 2.16. The van der Waals surface area contributed by atoms with Gasteiger partial charge in [0.1, 0.15) is 13.3 Å². The van der Waals surface area contributed by atoms with Crippen LogP contribution in [0.2, 0.25) is 0 Å². The molecule has 0 aliphatic heterocycles. The van der Waals surface area contributed by atoms with E-state index in [2.05, 4.69) is 0 Å². The number of benzene rings is 1. The molecule has 70 valence electrons. The van der Waals surface area contributed by atoms with E-state index in [1.54, 1.807) is 0 Å². The number of hydrogen-bond acceptors (Lipinski definition) is 2. The molecule has 1 aromatic carbocycles. The predicted molar refractivity (Wildman–Crippen MR) is 42.7 cm³/mol. The standard InChI is InChI=1S/C8H7F2NO2/c9-4-6-1-2-7(5-10)8(3-6)11(12)13/h1-3H,4-5H2. The third-order valence-electron chi connectivity index (χ3n) is 1.64. The molecule has 0 unspecified atom stereocenters. The first-order valence-corrected chi connectivity index (χ1v) is 3.57. The van der Waals surface area contributed by atoms with E-state index >= 15 is 0 Å². The zero-order valence-electron chi connectivity index (χ0n) is 6.67. The van der Waals surface area contributed by atoms with Crippen molar-refractivity contribution in [2.24, 2.45) is 0 Å². The lowest BCUT2D eigenvalue weighted by atomic mass is 10.1. The molecule has 0 saturated heterocycles. The molecular formula is C8H7F2NO2. The van der Waals surface area contributed by atoms with Crippen molar-refractivity contribution in [3.05, 3.63) is 39.4 Å². The number of alkyl halides is 2. The van der Waals surface area contributed by atoms with Gasteiger partial charge >= 0.3 is 0 Å². The molecule has 13 heavy (non-hydrogen) atoms. The highest BCUT2D eigenvalue weighted by molar-refractivity contribution is 5.42. The number of nitro groups is 1. The summed E-state index contributed by atoms with van der Waals surface area (Å²) in [6.07, 6.45) is 0. The topological polar surface area (TPSA) is 43.1 Å². The van der Waals surface area contributed by atoms with Crippen molar-refractivity contribution in [1.29, 1.82) is 0 Å². The normalized spacial score (nSPS) is 10.0. The molecule has 3 nitrogen and oxygen atoms in total. The molecule has 0 spiro atoms. The molecule has 0 fully saturated rings. The maximum absolute atomic E-state index is 12.2. The summed E-state index contributed by atoms with van der Waals surface area (Å²) in [7, 11) is 0. The molecule has 0 radical (unpaired) electrons. The molecule has 1 aromatic rings. The highest BCUT2D eigenvalue weighted by Crippen LogP contribution is 2.21. The predicted octanol–water partition coefficient (Wildman–Crippen LogP) is 2.53. The van der Waals surface area contributed by atoms with Crippen LogP contribution in [-0.4, -0.2) is 4.92 Å². The van der Waals surface area contributed by atoms with Crippen LogP contribution in [-0.2, 0) is 13.3 Å². The zero-order chi connectivity index (χ0) is 9.84. The van der Waals surface area contributed by atoms with Gasteiger partial charge < -0.3 is 0 Å². The van der Waals surface area contributed by atoms with Gasteiger partial charge in [-0.2, -0.15) is 0 Å². The summed E-state index contributed by atoms with van der Waals surface area (Å²) in [6, 6.07) is 3.61. The molecule has 0 saturated carbocycles. The molecule has 0 atom stereocenters. The van der Waals surface area contributed by atoms with Crippen LogP contribution in [0.1, 0.15) is 11.1 Å². The van der Waals surface area contributed by atoms with Crippen molar-refractivity contribution < 1.29 is 13.7 Å². The third-order valence-corrected chi connectivity index (χ3v) is 1.64. The van der Waals surface area contributed by atoms with Crippen LogP contribution in [0, 0.1) is 10.1 Å². The molecule has 0 aliphatic rings. The maximum Gasteiger partial charge on any atom is 0.275 e. The van der Waals surface area contributed by atoms with Crippen LogP contribution >= 0.6 is 0 Å². The largest absolute Gasteiger partial charge is 0.275 e. The number of rotatable bonds is 3. The number of hydrogen-bond donors (Lipinski definition) is 0. The Morgan fingerprint density at radius 3 is 2.46 bits per heavy atom. The summed E-state index contributed by atoms with van der Waals surface area (Å²) in [6.45, 7) is -1.70. The first-order chi connectivity index (χ1) is 6.19. The molecular weight excluding hydrogens is 180 g/mol. The van der Waals surface area contributed by atoms with Crippen LogP contribution in [0.4, 0.5) is 14.5 Å². The smallest absolute Gasteiger partial charge is 0.258 e. The first kappa shape index (κ1) is 9.57. The molecule has 0 N–H and O–H groups in total. The first-order valence-electron chi connectivity index (χ1n) is 3.57. The Balaban J connectivity index is 3.18. The fourth-order valence-electron chi connectivity index (χ4n) is 0.976. The Morgan fingerprint density at radius 2 is 2.00 bits per heavy atom. The van der Waals surface area contributed by atoms with Crippen molar-refractivity contribution in [2.45, 2.75) is 13.3 Å². The molecule has 0 aliphatic carbocycles. The van der Waals surface area contributed by atoms with Gasteiger partial charge in [0.15, 0.2) is 0 Å². The maximum atomic E-state index is 12.2. The van der Waals surface area contributed by atoms with Gasteiger partial charge in [-0.15, -0.1) is 0 Å². The summed E-state index contributed by atoms with van der Waals surface area (Å²) in [4.78, 5) is 9.65. The van der Waals surface area contributed by atoms with Gasteiger partial charge in [0.2, 0.25) is 0 Å². The molecule has 0 amide bonds. The Hall–Kier alpha value is -1.52. The SMILES string of the molecule is O=[N+]([O-])c1cc(CF)ccc1CF. The quantitative estimate of drug-likeness (QED) is 0.539. The van der Waals surface area contributed by atoms with Gasteiger partial charge in [-0.05, 0) is 11.6 Å². The number of nitro benzene ring substituents is 1. The van der Waals surface area contributed by atoms with Crippen LogP contribution in [0.15, 0.2) is 18.2 Å². The molecule has 0 bridgehead atoms. The van der Waals surface area contributed by atoms with Gasteiger partial charge in [0, 0.05) is 6.07 Å². The number of nitrogens with zero attached hydrogens (tertiary/aromatic N) is 1. The monoisotopic (exact) mass is 187 g/mol. The summed E-state index contributed by atoms with van der Waals surface area (Å²) in [5.74, 6) is 0. The van der Waals surface area contributed by atoms with Crippen LogP contribution in [0.5, 0.6) is 0 Å². The van der Waals surface area contributed by atoms with E-state index in [0.717, 1.165) is 6.07 Å². The van der Waals surface area contributed by atoms with Gasteiger partial charge in [-0.1, -0.05) is 6.07 Å². The number of halogens is 2. The van der Waals surface area contributed by atoms with Crippen LogP contribution < -0.4 is 0 Å². The van der Waals surface area contributed by atoms with Gasteiger partial charge in [0.05, 0.1) is 10.5 Å². The van der Waals surface area contributed by atoms with E-state index in [0.29, 0.717) is 0 Å². The van der Waals surface area contributed by atoms with Crippen molar-refractivity contribution in [3.8, 4) is 0 Å². The van der Waals surface area contributed by atoms with E-state index in [9.17, 15) is 18.9 Å². The highest BCUT2D eigenvalue weighted by Gasteiger charge is 2.13. The summed E-state index contributed by atoms with van der Waals surface area (Å²) < 4.78 is 24.3. The second-order valence-corrected chi connectivity index (χ2v) is 2.49. The second kappa shape index (κ2) is 3.93. The van der Waals surface area contributed by atoms with E-state index in [1.165, 1.54) is 12.1 Å². The van der Waals surface area contributed by atoms with E-state index in [-0.39, 0.29) is 16.8 Å². The van der Waals surface area contributed by atoms with Gasteiger partial charge in [-0.3, -0.25) is 10.1 Å². The minimum atomic E-state index is -0.914. The van der Waals surface area contributed by atoms with E-state index in [4.69, 9.17) is 0 Å².